The molecule has 3 heterocycles. The van der Waals surface area contributed by atoms with Crippen molar-refractivity contribution < 1.29 is 13.9 Å². The van der Waals surface area contributed by atoms with Gasteiger partial charge in [-0.15, -0.1) is 0 Å². The van der Waals surface area contributed by atoms with Gasteiger partial charge >= 0.3 is 0 Å². The van der Waals surface area contributed by atoms with Gasteiger partial charge in [0.1, 0.15) is 17.6 Å². The van der Waals surface area contributed by atoms with Gasteiger partial charge in [0.15, 0.2) is 0 Å². The zero-order chi connectivity index (χ0) is 17.3. The first-order valence-electron chi connectivity index (χ1n) is 9.11. The summed E-state index contributed by atoms with van der Waals surface area (Å²) in [7, 11) is 1.85. The number of hydrogen-bond donors (Lipinski definition) is 0. The summed E-state index contributed by atoms with van der Waals surface area (Å²) < 4.78 is 18.0. The quantitative estimate of drug-likeness (QED) is 0.831. The van der Waals surface area contributed by atoms with Crippen LogP contribution in [0.15, 0.2) is 40.9 Å². The Bertz CT molecular complexity index is 702. The van der Waals surface area contributed by atoms with Crippen molar-refractivity contribution in [1.82, 2.24) is 9.88 Å². The molecule has 2 aromatic heterocycles. The van der Waals surface area contributed by atoms with E-state index in [-0.39, 0.29) is 11.7 Å². The molecule has 0 bridgehead atoms. The van der Waals surface area contributed by atoms with Crippen molar-refractivity contribution in [2.24, 2.45) is 0 Å². The van der Waals surface area contributed by atoms with Crippen LogP contribution >= 0.6 is 0 Å². The standard InChI is InChI=1S/C20H26N2O3/c1-15-6-7-17(24-15)14-22-12-10-20(23-2)9-8-16(13-18(20)22)25-19-5-3-4-11-21-19/h3-7,11,16,18H,8-10,12-14H2,1-2H3/t16-,18+,20-/m1/s1. The zero-order valence-electron chi connectivity index (χ0n) is 15.0. The normalized spacial score (nSPS) is 29.5. The molecule has 1 aliphatic carbocycles. The van der Waals surface area contributed by atoms with Crippen molar-refractivity contribution in [1.29, 1.82) is 0 Å². The number of likely N-dealkylation sites (tertiary alicyclic amines) is 1. The lowest BCUT2D eigenvalue weighted by molar-refractivity contribution is -0.0848. The Balaban J connectivity index is 1.48. The summed E-state index contributed by atoms with van der Waals surface area (Å²) in [6.07, 6.45) is 6.03. The molecule has 2 aromatic rings. The molecule has 134 valence electrons. The Morgan fingerprint density at radius 2 is 2.20 bits per heavy atom. The minimum absolute atomic E-state index is 0.0500. The molecule has 0 spiro atoms. The number of methoxy groups -OCH3 is 1. The highest BCUT2D eigenvalue weighted by Crippen LogP contribution is 2.43. The molecule has 5 heteroatoms. The highest BCUT2D eigenvalue weighted by molar-refractivity contribution is 5.13. The van der Waals surface area contributed by atoms with Crippen LogP contribution < -0.4 is 4.74 Å². The van der Waals surface area contributed by atoms with Crippen LogP contribution in [0.3, 0.4) is 0 Å². The molecule has 1 saturated heterocycles. The third-order valence-electron chi connectivity index (χ3n) is 5.73. The van der Waals surface area contributed by atoms with E-state index in [2.05, 4.69) is 16.0 Å². The predicted octanol–water partition coefficient (Wildman–Crippen LogP) is 3.57. The fraction of sp³-hybridized carbons (Fsp3) is 0.550. The molecule has 3 atom stereocenters. The van der Waals surface area contributed by atoms with Crippen LogP contribution in [0, 0.1) is 6.92 Å². The molecule has 5 nitrogen and oxygen atoms in total. The summed E-state index contributed by atoms with van der Waals surface area (Å²) in [6.45, 7) is 3.86. The summed E-state index contributed by atoms with van der Waals surface area (Å²) in [5.41, 5.74) is -0.0500. The monoisotopic (exact) mass is 342 g/mol. The van der Waals surface area contributed by atoms with Crippen LogP contribution in [-0.4, -0.2) is 41.3 Å². The van der Waals surface area contributed by atoms with Crippen LogP contribution in [0.2, 0.25) is 0 Å². The highest BCUT2D eigenvalue weighted by Gasteiger charge is 2.51. The lowest BCUT2D eigenvalue weighted by Crippen LogP contribution is -2.52. The molecule has 25 heavy (non-hydrogen) atoms. The van der Waals surface area contributed by atoms with Crippen LogP contribution in [0.4, 0.5) is 0 Å². The average Bonchev–Trinajstić information content (AvgIpc) is 3.21. The molecular formula is C20H26N2O3. The minimum atomic E-state index is -0.0500. The summed E-state index contributed by atoms with van der Waals surface area (Å²) in [5.74, 6) is 2.70. The summed E-state index contributed by atoms with van der Waals surface area (Å²) in [4.78, 5) is 6.80. The van der Waals surface area contributed by atoms with Gasteiger partial charge in [-0.25, -0.2) is 4.98 Å². The maximum atomic E-state index is 6.14. The highest BCUT2D eigenvalue weighted by atomic mass is 16.5. The van der Waals surface area contributed by atoms with E-state index in [1.54, 1.807) is 6.20 Å². The SMILES string of the molecule is CO[C@@]12CC[C@@H](Oc3ccccn3)C[C@@H]1N(Cc1ccc(C)o1)CC2. The number of fused-ring (bicyclic) bond motifs is 1. The van der Waals surface area contributed by atoms with Crippen molar-refractivity contribution in [3.8, 4) is 5.88 Å². The summed E-state index contributed by atoms with van der Waals surface area (Å²) in [6, 6.07) is 10.3. The molecule has 0 N–H and O–H groups in total. The largest absolute Gasteiger partial charge is 0.474 e. The first-order chi connectivity index (χ1) is 12.2. The number of furan rings is 1. The van der Waals surface area contributed by atoms with Gasteiger partial charge in [0.2, 0.25) is 5.88 Å². The molecule has 0 radical (unpaired) electrons. The van der Waals surface area contributed by atoms with Gasteiger partial charge < -0.3 is 13.9 Å². The number of hydrogen-bond acceptors (Lipinski definition) is 5. The fourth-order valence-electron chi connectivity index (χ4n) is 4.41. The van der Waals surface area contributed by atoms with E-state index < -0.39 is 0 Å². The van der Waals surface area contributed by atoms with Crippen LogP contribution in [0.25, 0.3) is 0 Å². The van der Waals surface area contributed by atoms with E-state index in [9.17, 15) is 0 Å². The molecule has 0 amide bonds. The van der Waals surface area contributed by atoms with Gasteiger partial charge in [-0.2, -0.15) is 0 Å². The predicted molar refractivity (Wildman–Crippen MR) is 94.5 cm³/mol. The maximum absolute atomic E-state index is 6.14. The van der Waals surface area contributed by atoms with Gasteiger partial charge in [-0.1, -0.05) is 6.07 Å². The molecule has 1 saturated carbocycles. The minimum Gasteiger partial charge on any atom is -0.474 e. The number of nitrogens with zero attached hydrogens (tertiary/aromatic N) is 2. The van der Waals surface area contributed by atoms with Crippen LogP contribution in [0.5, 0.6) is 5.88 Å². The second-order valence-electron chi connectivity index (χ2n) is 7.20. The molecule has 0 aromatic carbocycles. The fourth-order valence-corrected chi connectivity index (χ4v) is 4.41. The maximum Gasteiger partial charge on any atom is 0.213 e. The molecule has 2 aliphatic rings. The second-order valence-corrected chi connectivity index (χ2v) is 7.20. The third kappa shape index (κ3) is 3.31. The first-order valence-corrected chi connectivity index (χ1v) is 9.11. The number of pyridine rings is 1. The van der Waals surface area contributed by atoms with Crippen molar-refractivity contribution >= 4 is 0 Å². The topological polar surface area (TPSA) is 47.7 Å². The van der Waals surface area contributed by atoms with Gasteiger partial charge in [0.25, 0.3) is 0 Å². The van der Waals surface area contributed by atoms with Crippen molar-refractivity contribution in [2.45, 2.75) is 56.9 Å². The number of ether oxygens (including phenoxy) is 2. The van der Waals surface area contributed by atoms with Crippen molar-refractivity contribution in [2.75, 3.05) is 13.7 Å². The van der Waals surface area contributed by atoms with E-state index >= 15 is 0 Å². The van der Waals surface area contributed by atoms with Gasteiger partial charge in [0.05, 0.1) is 12.1 Å². The Hall–Kier alpha value is -1.85. The molecule has 1 aliphatic heterocycles. The van der Waals surface area contributed by atoms with E-state index in [0.29, 0.717) is 11.9 Å². The second kappa shape index (κ2) is 6.81. The Morgan fingerprint density at radius 1 is 1.28 bits per heavy atom. The van der Waals surface area contributed by atoms with E-state index in [0.717, 1.165) is 50.3 Å². The number of aromatic nitrogens is 1. The number of aryl methyl sites for hydroxylation is 1. The molecular weight excluding hydrogens is 316 g/mol. The van der Waals surface area contributed by atoms with Crippen LogP contribution in [0.1, 0.15) is 37.2 Å². The Kier molecular flexibility index (Phi) is 4.52. The lowest BCUT2D eigenvalue weighted by Gasteiger charge is -2.43. The third-order valence-corrected chi connectivity index (χ3v) is 5.73. The smallest absolute Gasteiger partial charge is 0.213 e. The molecule has 0 unspecified atom stereocenters. The van der Waals surface area contributed by atoms with Crippen LogP contribution in [-0.2, 0) is 11.3 Å². The van der Waals surface area contributed by atoms with Gasteiger partial charge in [0, 0.05) is 38.4 Å². The molecule has 4 rings (SSSR count). The Morgan fingerprint density at radius 3 is 2.92 bits per heavy atom. The zero-order valence-corrected chi connectivity index (χ0v) is 15.0. The summed E-state index contributed by atoms with van der Waals surface area (Å²) >= 11 is 0. The van der Waals surface area contributed by atoms with E-state index in [1.807, 2.05) is 38.3 Å². The van der Waals surface area contributed by atoms with Gasteiger partial charge in [-0.3, -0.25) is 4.90 Å². The lowest BCUT2D eigenvalue weighted by atomic mass is 9.79. The van der Waals surface area contributed by atoms with E-state index in [4.69, 9.17) is 13.9 Å². The van der Waals surface area contributed by atoms with Crippen molar-refractivity contribution in [3.63, 3.8) is 0 Å². The molecule has 2 fully saturated rings. The average molecular weight is 342 g/mol. The summed E-state index contributed by atoms with van der Waals surface area (Å²) in [5, 5.41) is 0. The van der Waals surface area contributed by atoms with Crippen molar-refractivity contribution in [3.05, 3.63) is 48.0 Å². The first kappa shape index (κ1) is 16.6. The number of rotatable bonds is 5. The van der Waals surface area contributed by atoms with Gasteiger partial charge in [-0.05, 0) is 44.4 Å². The Labute approximate surface area is 148 Å². The van der Waals surface area contributed by atoms with E-state index in [1.165, 1.54) is 0 Å².